The lowest BCUT2D eigenvalue weighted by Crippen LogP contribution is -2.57. The average Bonchev–Trinajstić information content (AvgIpc) is 3.32. The van der Waals surface area contributed by atoms with E-state index in [-0.39, 0.29) is 35.4 Å². The molecular formula is C32H36Cl2N4O5S. The number of nitrogens with zero attached hydrogens (tertiary/aromatic N) is 2. The van der Waals surface area contributed by atoms with Crippen molar-refractivity contribution >= 4 is 51.5 Å². The Bertz CT molecular complexity index is 1660. The average molecular weight is 660 g/mol. The van der Waals surface area contributed by atoms with Gasteiger partial charge in [0.1, 0.15) is 11.8 Å². The lowest BCUT2D eigenvalue weighted by molar-refractivity contribution is -0.138. The molecule has 3 aliphatic heterocycles. The van der Waals surface area contributed by atoms with Gasteiger partial charge in [0, 0.05) is 43.0 Å². The predicted molar refractivity (Wildman–Crippen MR) is 173 cm³/mol. The number of hydrogen-bond donors (Lipinski definition) is 3. The molecular weight excluding hydrogens is 623 g/mol. The van der Waals surface area contributed by atoms with E-state index in [2.05, 4.69) is 10.6 Å². The highest BCUT2D eigenvalue weighted by atomic mass is 35.5. The van der Waals surface area contributed by atoms with E-state index in [4.69, 9.17) is 11.6 Å². The number of carbonyl (C=O) groups is 2. The largest absolute Gasteiger partial charge is 0.508 e. The lowest BCUT2D eigenvalue weighted by Gasteiger charge is -2.41. The number of piperidine rings is 1. The minimum Gasteiger partial charge on any atom is -0.508 e. The molecule has 0 radical (unpaired) electrons. The van der Waals surface area contributed by atoms with Gasteiger partial charge in [0.05, 0.1) is 18.0 Å². The van der Waals surface area contributed by atoms with Crippen LogP contribution in [0.5, 0.6) is 5.75 Å². The standard InChI is InChI=1S/C32H35ClN4O5S.ClH/c1-43(41,42)37-20-32(26-4-2-3-5-29(26)37)12-14-36(15-13-32)31(40)28(16-21-6-9-24(33)10-7-21)35-30(39)27-18-22-8-11-25(38)17-23(22)19-34-27;/h2-11,17,27-28,34,38H,12-16,18-20H2,1H3,(H,35,39);1H. The molecule has 1 spiro atoms. The maximum Gasteiger partial charge on any atom is 0.245 e. The zero-order chi connectivity index (χ0) is 30.4. The Balaban J connectivity index is 0.00000384. The number of phenols is 1. The predicted octanol–water partition coefficient (Wildman–Crippen LogP) is 3.55. The molecule has 1 saturated heterocycles. The van der Waals surface area contributed by atoms with Crippen molar-refractivity contribution in [1.82, 2.24) is 15.5 Å². The number of amides is 2. The summed E-state index contributed by atoms with van der Waals surface area (Å²) in [4.78, 5) is 29.3. The van der Waals surface area contributed by atoms with Crippen LogP contribution in [0.3, 0.4) is 0 Å². The van der Waals surface area contributed by atoms with Gasteiger partial charge in [0.15, 0.2) is 0 Å². The van der Waals surface area contributed by atoms with Gasteiger partial charge in [-0.1, -0.05) is 48.0 Å². The van der Waals surface area contributed by atoms with Crippen molar-refractivity contribution in [2.75, 3.05) is 30.2 Å². The molecule has 3 aromatic carbocycles. The maximum atomic E-state index is 14.0. The fraction of sp³-hybridized carbons (Fsp3) is 0.375. The van der Waals surface area contributed by atoms with Gasteiger partial charge in [-0.2, -0.15) is 0 Å². The number of aromatic hydroxyl groups is 1. The van der Waals surface area contributed by atoms with Crippen molar-refractivity contribution in [2.24, 2.45) is 0 Å². The summed E-state index contributed by atoms with van der Waals surface area (Å²) in [5.74, 6) is -0.232. The van der Waals surface area contributed by atoms with Crippen molar-refractivity contribution in [1.29, 1.82) is 0 Å². The fourth-order valence-electron chi connectivity index (χ4n) is 6.70. The van der Waals surface area contributed by atoms with E-state index in [0.717, 1.165) is 27.9 Å². The van der Waals surface area contributed by atoms with Crippen molar-refractivity contribution < 1.29 is 23.1 Å². The number of para-hydroxylation sites is 1. The van der Waals surface area contributed by atoms with Crippen LogP contribution in [0.4, 0.5) is 5.69 Å². The molecule has 12 heteroatoms. The summed E-state index contributed by atoms with van der Waals surface area (Å²) < 4.78 is 26.7. The van der Waals surface area contributed by atoms with E-state index in [9.17, 15) is 23.1 Å². The van der Waals surface area contributed by atoms with Crippen LogP contribution in [0.15, 0.2) is 66.7 Å². The number of phenolic OH excluding ortho intramolecular Hbond substituents is 1. The number of halogens is 2. The quantitative estimate of drug-likeness (QED) is 0.373. The smallest absolute Gasteiger partial charge is 0.245 e. The molecule has 3 heterocycles. The molecule has 2 unspecified atom stereocenters. The summed E-state index contributed by atoms with van der Waals surface area (Å²) in [5, 5.41) is 16.7. The van der Waals surface area contributed by atoms with Gasteiger partial charge >= 0.3 is 0 Å². The van der Waals surface area contributed by atoms with Crippen LogP contribution in [-0.4, -0.2) is 68.2 Å². The number of fused-ring (bicyclic) bond motifs is 3. The number of benzene rings is 3. The highest BCUT2D eigenvalue weighted by molar-refractivity contribution is 7.92. The van der Waals surface area contributed by atoms with Gasteiger partial charge < -0.3 is 20.6 Å². The topological polar surface area (TPSA) is 119 Å². The summed E-state index contributed by atoms with van der Waals surface area (Å²) >= 11 is 6.09. The van der Waals surface area contributed by atoms with E-state index in [0.29, 0.717) is 56.9 Å². The minimum atomic E-state index is -3.44. The maximum absolute atomic E-state index is 14.0. The van der Waals surface area contributed by atoms with Crippen LogP contribution >= 0.6 is 24.0 Å². The Morgan fingerprint density at radius 3 is 2.48 bits per heavy atom. The second kappa shape index (κ2) is 12.6. The highest BCUT2D eigenvalue weighted by Crippen LogP contribution is 2.47. The number of hydrogen-bond acceptors (Lipinski definition) is 6. The van der Waals surface area contributed by atoms with Crippen molar-refractivity contribution in [3.63, 3.8) is 0 Å². The molecule has 9 nitrogen and oxygen atoms in total. The first-order valence-corrected chi connectivity index (χ1v) is 16.7. The van der Waals surface area contributed by atoms with Crippen LogP contribution in [0.1, 0.15) is 35.1 Å². The molecule has 0 aromatic heterocycles. The van der Waals surface area contributed by atoms with Crippen molar-refractivity contribution in [3.05, 3.63) is 94.0 Å². The van der Waals surface area contributed by atoms with Crippen molar-refractivity contribution in [2.45, 2.75) is 49.7 Å². The number of anilines is 1. The normalized spacial score (nSPS) is 19.5. The van der Waals surface area contributed by atoms with E-state index < -0.39 is 22.1 Å². The van der Waals surface area contributed by atoms with Crippen LogP contribution in [0, 0.1) is 0 Å². The molecule has 3 aliphatic rings. The van der Waals surface area contributed by atoms with Crippen LogP contribution in [0.25, 0.3) is 0 Å². The number of likely N-dealkylation sites (tertiary alicyclic amines) is 1. The third-order valence-electron chi connectivity index (χ3n) is 9.06. The number of rotatable bonds is 6. The molecule has 2 atom stereocenters. The van der Waals surface area contributed by atoms with Gasteiger partial charge in [-0.3, -0.25) is 13.9 Å². The number of sulfonamides is 1. The summed E-state index contributed by atoms with van der Waals surface area (Å²) in [7, 11) is -3.44. The molecule has 3 aromatic rings. The molecule has 0 bridgehead atoms. The Morgan fingerprint density at radius 1 is 1.07 bits per heavy atom. The van der Waals surface area contributed by atoms with Crippen LogP contribution in [-0.2, 0) is 44.4 Å². The van der Waals surface area contributed by atoms with Gasteiger partial charge in [-0.25, -0.2) is 8.42 Å². The number of carbonyl (C=O) groups excluding carboxylic acids is 2. The Hall–Kier alpha value is -3.31. The summed E-state index contributed by atoms with van der Waals surface area (Å²) in [6, 6.07) is 18.7. The first kappa shape index (κ1) is 32.1. The zero-order valence-corrected chi connectivity index (χ0v) is 26.7. The molecule has 0 aliphatic carbocycles. The third kappa shape index (κ3) is 6.40. The van der Waals surface area contributed by atoms with E-state index in [1.807, 2.05) is 42.5 Å². The summed E-state index contributed by atoms with van der Waals surface area (Å²) in [5.41, 5.74) is 4.17. The molecule has 44 heavy (non-hydrogen) atoms. The second-order valence-corrected chi connectivity index (χ2v) is 14.2. The highest BCUT2D eigenvalue weighted by Gasteiger charge is 2.48. The van der Waals surface area contributed by atoms with Gasteiger partial charge in [0.25, 0.3) is 0 Å². The Morgan fingerprint density at radius 2 is 1.77 bits per heavy atom. The molecule has 0 saturated carbocycles. The van der Waals surface area contributed by atoms with Crippen LogP contribution < -0.4 is 14.9 Å². The molecule has 6 rings (SSSR count). The Labute approximate surface area is 269 Å². The second-order valence-electron chi connectivity index (χ2n) is 11.9. The number of nitrogens with one attached hydrogen (secondary N) is 2. The first-order valence-electron chi connectivity index (χ1n) is 14.5. The molecule has 2 amide bonds. The Kier molecular flexibility index (Phi) is 9.18. The zero-order valence-electron chi connectivity index (χ0n) is 24.3. The molecule has 1 fully saturated rings. The monoisotopic (exact) mass is 658 g/mol. The summed E-state index contributed by atoms with van der Waals surface area (Å²) in [6.07, 6.45) is 3.24. The molecule has 234 valence electrons. The fourth-order valence-corrected chi connectivity index (χ4v) is 7.82. The van der Waals surface area contributed by atoms with E-state index >= 15 is 0 Å². The van der Waals surface area contributed by atoms with E-state index in [1.54, 1.807) is 29.2 Å². The first-order chi connectivity index (χ1) is 20.5. The van der Waals surface area contributed by atoms with Gasteiger partial charge in [-0.15, -0.1) is 12.4 Å². The van der Waals surface area contributed by atoms with Crippen LogP contribution in [0.2, 0.25) is 5.02 Å². The van der Waals surface area contributed by atoms with E-state index in [1.165, 1.54) is 10.6 Å². The minimum absolute atomic E-state index is 0. The van der Waals surface area contributed by atoms with Gasteiger partial charge in [-0.05, 0) is 71.8 Å². The lowest BCUT2D eigenvalue weighted by atomic mass is 9.74. The molecule has 3 N–H and O–H groups in total. The third-order valence-corrected chi connectivity index (χ3v) is 10.4. The SMILES string of the molecule is CS(=O)(=O)N1CC2(CCN(C(=O)C(Cc3ccc(Cl)cc3)NC(=O)C3Cc4ccc(O)cc4CN3)CC2)c2ccccc21.Cl. The summed E-state index contributed by atoms with van der Waals surface area (Å²) in [6.45, 7) is 1.72. The van der Waals surface area contributed by atoms with Gasteiger partial charge in [0.2, 0.25) is 21.8 Å². The van der Waals surface area contributed by atoms with Crippen molar-refractivity contribution in [3.8, 4) is 5.75 Å².